The zero-order valence-corrected chi connectivity index (χ0v) is 17.0. The largest absolute Gasteiger partial charge is 0.378 e. The van der Waals surface area contributed by atoms with Crippen LogP contribution in [0.15, 0.2) is 42.9 Å². The Bertz CT molecular complexity index is 1020. The second kappa shape index (κ2) is 8.05. The number of benzene rings is 1. The zero-order chi connectivity index (χ0) is 20.4. The van der Waals surface area contributed by atoms with Crippen molar-refractivity contribution in [3.8, 4) is 11.1 Å². The summed E-state index contributed by atoms with van der Waals surface area (Å²) in [6.45, 7) is 6.99. The van der Waals surface area contributed by atoms with E-state index in [9.17, 15) is 4.79 Å². The van der Waals surface area contributed by atoms with Crippen LogP contribution in [0, 0.1) is 13.8 Å². The second-order valence-corrected chi connectivity index (χ2v) is 7.37. The Morgan fingerprint density at radius 2 is 1.79 bits per heavy atom. The number of carbonyl (C=O) groups excluding carboxylic acids is 1. The highest BCUT2D eigenvalue weighted by Crippen LogP contribution is 2.23. The molecule has 0 radical (unpaired) electrons. The number of anilines is 2. The highest BCUT2D eigenvalue weighted by Gasteiger charge is 2.16. The van der Waals surface area contributed by atoms with Crippen molar-refractivity contribution in [2.75, 3.05) is 36.5 Å². The predicted octanol–water partition coefficient (Wildman–Crippen LogP) is 3.19. The first-order valence-electron chi connectivity index (χ1n) is 9.71. The fourth-order valence-electron chi connectivity index (χ4n) is 3.40. The van der Waals surface area contributed by atoms with Gasteiger partial charge < -0.3 is 19.5 Å². The van der Waals surface area contributed by atoms with Gasteiger partial charge in [0.05, 0.1) is 13.2 Å². The lowest BCUT2D eigenvalue weighted by Gasteiger charge is -2.26. The molecule has 1 aromatic carbocycles. The first kappa shape index (κ1) is 19.1. The van der Waals surface area contributed by atoms with Gasteiger partial charge in [-0.05, 0) is 37.1 Å². The van der Waals surface area contributed by atoms with Gasteiger partial charge in [0.15, 0.2) is 0 Å². The highest BCUT2D eigenvalue weighted by molar-refractivity contribution is 6.04. The lowest BCUT2D eigenvalue weighted by atomic mass is 10.1. The minimum Gasteiger partial charge on any atom is -0.378 e. The number of rotatable bonds is 4. The van der Waals surface area contributed by atoms with Crippen molar-refractivity contribution in [1.82, 2.24) is 14.5 Å². The Morgan fingerprint density at radius 1 is 1.07 bits per heavy atom. The molecule has 4 rings (SSSR count). The molecule has 0 aliphatic carbocycles. The van der Waals surface area contributed by atoms with Crippen molar-refractivity contribution in [3.63, 3.8) is 0 Å². The highest BCUT2D eigenvalue weighted by atomic mass is 16.5. The average Bonchev–Trinajstić information content (AvgIpc) is 3.13. The summed E-state index contributed by atoms with van der Waals surface area (Å²) >= 11 is 0. The van der Waals surface area contributed by atoms with Crippen LogP contribution in [-0.4, -0.2) is 46.7 Å². The molecule has 0 bridgehead atoms. The third kappa shape index (κ3) is 4.14. The fourth-order valence-corrected chi connectivity index (χ4v) is 3.40. The monoisotopic (exact) mass is 391 g/mol. The van der Waals surface area contributed by atoms with Crippen LogP contribution in [0.4, 0.5) is 11.6 Å². The molecule has 1 saturated heterocycles. The van der Waals surface area contributed by atoms with Crippen LogP contribution in [0.25, 0.3) is 11.1 Å². The number of amides is 1. The molecule has 1 aliphatic rings. The summed E-state index contributed by atoms with van der Waals surface area (Å²) in [7, 11) is 1.87. The zero-order valence-electron chi connectivity index (χ0n) is 17.0. The van der Waals surface area contributed by atoms with Gasteiger partial charge in [-0.25, -0.2) is 9.97 Å². The first-order valence-corrected chi connectivity index (χ1v) is 9.71. The Hall–Kier alpha value is -3.19. The van der Waals surface area contributed by atoms with Gasteiger partial charge >= 0.3 is 0 Å². The molecule has 3 aromatic rings. The average molecular weight is 391 g/mol. The third-order valence-electron chi connectivity index (χ3n) is 5.14. The summed E-state index contributed by atoms with van der Waals surface area (Å²) in [6.07, 6.45) is 5.53. The van der Waals surface area contributed by atoms with E-state index in [1.807, 2.05) is 55.9 Å². The van der Waals surface area contributed by atoms with Gasteiger partial charge in [0.25, 0.3) is 5.91 Å². The van der Waals surface area contributed by atoms with Crippen molar-refractivity contribution in [2.45, 2.75) is 13.8 Å². The summed E-state index contributed by atoms with van der Waals surface area (Å²) in [5, 5.41) is 3.02. The summed E-state index contributed by atoms with van der Waals surface area (Å²) < 4.78 is 7.20. The van der Waals surface area contributed by atoms with Gasteiger partial charge in [0.2, 0.25) is 5.95 Å². The molecular weight excluding hydrogens is 366 g/mol. The standard InChI is InChI=1S/C22H25N5O2/c1-15-4-5-16(2)19(10-15)25-21(28)20-11-17(14-26(20)3)18-12-23-22(24-13-18)27-6-8-29-9-7-27/h4-5,10-14H,6-9H2,1-3H3,(H,25,28). The molecule has 2 aromatic heterocycles. The number of carbonyl (C=O) groups is 1. The van der Waals surface area contributed by atoms with Crippen molar-refractivity contribution in [1.29, 1.82) is 0 Å². The number of hydrogen-bond donors (Lipinski definition) is 1. The number of aryl methyl sites for hydroxylation is 3. The molecule has 3 heterocycles. The van der Waals surface area contributed by atoms with Crippen molar-refractivity contribution in [2.24, 2.45) is 7.05 Å². The van der Waals surface area contributed by atoms with Gasteiger partial charge in [0.1, 0.15) is 5.69 Å². The molecular formula is C22H25N5O2. The van der Waals surface area contributed by atoms with Crippen LogP contribution in [0.3, 0.4) is 0 Å². The molecule has 150 valence electrons. The topological polar surface area (TPSA) is 72.3 Å². The predicted molar refractivity (Wildman–Crippen MR) is 113 cm³/mol. The lowest BCUT2D eigenvalue weighted by molar-refractivity contribution is 0.101. The maximum absolute atomic E-state index is 12.8. The van der Waals surface area contributed by atoms with Gasteiger partial charge in [0, 0.05) is 55.5 Å². The maximum Gasteiger partial charge on any atom is 0.272 e. The van der Waals surface area contributed by atoms with Gasteiger partial charge in [-0.1, -0.05) is 12.1 Å². The lowest BCUT2D eigenvalue weighted by Crippen LogP contribution is -2.37. The number of nitrogens with one attached hydrogen (secondary N) is 1. The minimum atomic E-state index is -0.140. The van der Waals surface area contributed by atoms with Crippen molar-refractivity contribution in [3.05, 3.63) is 59.7 Å². The molecule has 29 heavy (non-hydrogen) atoms. The summed E-state index contributed by atoms with van der Waals surface area (Å²) in [5.41, 5.74) is 5.34. The molecule has 1 fully saturated rings. The van der Waals surface area contributed by atoms with Gasteiger partial charge in [-0.2, -0.15) is 0 Å². The van der Waals surface area contributed by atoms with E-state index < -0.39 is 0 Å². The third-order valence-corrected chi connectivity index (χ3v) is 5.14. The summed E-state index contributed by atoms with van der Waals surface area (Å²) in [6, 6.07) is 7.89. The first-order chi connectivity index (χ1) is 14.0. The van der Waals surface area contributed by atoms with E-state index in [1.54, 1.807) is 12.4 Å². The number of morpholine rings is 1. The molecule has 1 amide bonds. The molecule has 0 spiro atoms. The van der Waals surface area contributed by atoms with Crippen molar-refractivity contribution < 1.29 is 9.53 Å². The van der Waals surface area contributed by atoms with E-state index in [0.717, 1.165) is 41.0 Å². The normalized spacial score (nSPS) is 14.1. The van der Waals surface area contributed by atoms with E-state index in [2.05, 4.69) is 20.2 Å². The summed E-state index contributed by atoms with van der Waals surface area (Å²) in [4.78, 5) is 23.9. The summed E-state index contributed by atoms with van der Waals surface area (Å²) in [5.74, 6) is 0.569. The molecule has 1 N–H and O–H groups in total. The number of nitrogens with zero attached hydrogens (tertiary/aromatic N) is 4. The van der Waals surface area contributed by atoms with Crippen LogP contribution in [0.1, 0.15) is 21.6 Å². The van der Waals surface area contributed by atoms with Crippen LogP contribution in [0.5, 0.6) is 0 Å². The van der Waals surface area contributed by atoms with E-state index in [-0.39, 0.29) is 5.91 Å². The molecule has 7 heteroatoms. The number of hydrogen-bond acceptors (Lipinski definition) is 5. The number of aromatic nitrogens is 3. The van der Waals surface area contributed by atoms with Crippen LogP contribution >= 0.6 is 0 Å². The quantitative estimate of drug-likeness (QED) is 0.740. The Balaban J connectivity index is 1.52. The fraction of sp³-hybridized carbons (Fsp3) is 0.318. The molecule has 7 nitrogen and oxygen atoms in total. The minimum absolute atomic E-state index is 0.140. The van der Waals surface area contributed by atoms with E-state index >= 15 is 0 Å². The SMILES string of the molecule is Cc1ccc(C)c(NC(=O)c2cc(-c3cnc(N4CCOCC4)nc3)cn2C)c1. The van der Waals surface area contributed by atoms with Crippen LogP contribution in [0.2, 0.25) is 0 Å². The smallest absolute Gasteiger partial charge is 0.272 e. The number of ether oxygens (including phenoxy) is 1. The van der Waals surface area contributed by atoms with Gasteiger partial charge in [-0.15, -0.1) is 0 Å². The maximum atomic E-state index is 12.8. The van der Waals surface area contributed by atoms with E-state index in [4.69, 9.17) is 4.74 Å². The molecule has 0 atom stereocenters. The molecule has 1 aliphatic heterocycles. The molecule has 0 unspecified atom stereocenters. The van der Waals surface area contributed by atoms with Crippen molar-refractivity contribution >= 4 is 17.5 Å². The van der Waals surface area contributed by atoms with E-state index in [0.29, 0.717) is 24.9 Å². The van der Waals surface area contributed by atoms with E-state index in [1.165, 1.54) is 0 Å². The Labute approximate surface area is 170 Å². The Kier molecular flexibility index (Phi) is 5.31. The molecule has 0 saturated carbocycles. The van der Waals surface area contributed by atoms with Crippen LogP contribution in [-0.2, 0) is 11.8 Å². The van der Waals surface area contributed by atoms with Crippen LogP contribution < -0.4 is 10.2 Å². The van der Waals surface area contributed by atoms with Gasteiger partial charge in [-0.3, -0.25) is 4.79 Å². The second-order valence-electron chi connectivity index (χ2n) is 7.37. The Morgan fingerprint density at radius 3 is 2.52 bits per heavy atom.